The van der Waals surface area contributed by atoms with Gasteiger partial charge in [0.2, 0.25) is 11.7 Å². The zero-order chi connectivity index (χ0) is 39.2. The van der Waals surface area contributed by atoms with Crippen LogP contribution in [0.25, 0.3) is 6.08 Å². The number of likely N-dealkylation sites (tertiary alicyclic amines) is 2. The van der Waals surface area contributed by atoms with E-state index in [2.05, 4.69) is 4.90 Å². The molecule has 0 radical (unpaired) electrons. The summed E-state index contributed by atoms with van der Waals surface area (Å²) in [7, 11) is 4.72. The molecule has 55 heavy (non-hydrogen) atoms. The summed E-state index contributed by atoms with van der Waals surface area (Å²) in [6.07, 6.45) is 12.4. The van der Waals surface area contributed by atoms with Crippen LogP contribution >= 0.6 is 23.2 Å². The van der Waals surface area contributed by atoms with E-state index in [1.165, 1.54) is 12.1 Å². The lowest BCUT2D eigenvalue weighted by molar-refractivity contribution is -0.137. The molecule has 1 atom stereocenters. The van der Waals surface area contributed by atoms with Crippen LogP contribution in [-0.2, 0) is 29.9 Å². The van der Waals surface area contributed by atoms with E-state index in [-0.39, 0.29) is 11.7 Å². The van der Waals surface area contributed by atoms with Gasteiger partial charge in [-0.3, -0.25) is 4.79 Å². The number of carbonyl (C=O) groups is 1. The van der Waals surface area contributed by atoms with Gasteiger partial charge in [-0.2, -0.15) is 0 Å². The predicted molar refractivity (Wildman–Crippen MR) is 214 cm³/mol. The monoisotopic (exact) mass is 790 g/mol. The Labute approximate surface area is 332 Å². The van der Waals surface area contributed by atoms with Gasteiger partial charge >= 0.3 is 0 Å². The zero-order valence-corrected chi connectivity index (χ0v) is 33.4. The van der Waals surface area contributed by atoms with Gasteiger partial charge < -0.3 is 33.7 Å². The summed E-state index contributed by atoms with van der Waals surface area (Å²) in [5.41, 5.74) is 1.79. The summed E-state index contributed by atoms with van der Waals surface area (Å²) in [5, 5.41) is 13.1. The molecule has 12 heteroatoms. The largest absolute Gasteiger partial charge is 0.493 e. The van der Waals surface area contributed by atoms with E-state index in [0.29, 0.717) is 104 Å². The molecule has 0 saturated carbocycles. The van der Waals surface area contributed by atoms with Gasteiger partial charge in [-0.15, -0.1) is 0 Å². The molecule has 292 valence electrons. The molecule has 1 aromatic heterocycles. The van der Waals surface area contributed by atoms with Crippen molar-refractivity contribution >= 4 is 35.2 Å². The Morgan fingerprint density at radius 2 is 1.55 bits per heavy atom. The summed E-state index contributed by atoms with van der Waals surface area (Å²) in [5.74, 6) is 1.97. The maximum Gasteiger partial charge on any atom is 0.229 e. The van der Waals surface area contributed by atoms with E-state index in [0.717, 1.165) is 22.4 Å². The van der Waals surface area contributed by atoms with Crippen LogP contribution < -0.4 is 14.2 Å². The fourth-order valence-corrected chi connectivity index (χ4v) is 8.18. The van der Waals surface area contributed by atoms with Crippen molar-refractivity contribution in [3.8, 4) is 17.2 Å². The normalized spacial score (nSPS) is 18.8. The molecular formula is C43H49Cl2FN4O5. The third-order valence-electron chi connectivity index (χ3n) is 10.9. The molecule has 3 heterocycles. The van der Waals surface area contributed by atoms with Crippen LogP contribution in [0.3, 0.4) is 0 Å². The highest BCUT2D eigenvalue weighted by Crippen LogP contribution is 2.43. The molecular weight excluding hydrogens is 742 g/mol. The average molecular weight is 792 g/mol. The smallest absolute Gasteiger partial charge is 0.229 e. The molecule has 1 unspecified atom stereocenters. The maximum atomic E-state index is 14.6. The topological polar surface area (TPSA) is 89.3 Å². The van der Waals surface area contributed by atoms with Crippen molar-refractivity contribution in [1.29, 1.82) is 0 Å². The molecule has 2 aliphatic heterocycles. The van der Waals surface area contributed by atoms with E-state index in [1.54, 1.807) is 45.7 Å². The number of ether oxygens (including phenoxy) is 3. The number of allylic oxidation sites excluding steroid dienone is 3. The second-order valence-electron chi connectivity index (χ2n) is 14.4. The number of nitrogens with zero attached hydrogens (tertiary/aromatic N) is 4. The van der Waals surface area contributed by atoms with Crippen LogP contribution in [0.4, 0.5) is 4.39 Å². The molecule has 0 spiro atoms. The molecule has 3 aromatic carbocycles. The minimum atomic E-state index is -1.15. The number of benzene rings is 3. The molecule has 4 aromatic rings. The molecule has 0 aliphatic carbocycles. The highest BCUT2D eigenvalue weighted by molar-refractivity contribution is 6.42. The molecule has 2 aliphatic rings. The average Bonchev–Trinajstić information content (AvgIpc) is 3.73. The third kappa shape index (κ3) is 9.04. The van der Waals surface area contributed by atoms with Crippen molar-refractivity contribution in [2.75, 3.05) is 47.5 Å². The van der Waals surface area contributed by atoms with Gasteiger partial charge in [0, 0.05) is 32.7 Å². The minimum Gasteiger partial charge on any atom is -0.493 e. The first-order chi connectivity index (χ1) is 26.5. The van der Waals surface area contributed by atoms with Gasteiger partial charge in [0.1, 0.15) is 17.2 Å². The van der Waals surface area contributed by atoms with Crippen molar-refractivity contribution in [3.63, 3.8) is 0 Å². The number of carbonyl (C=O) groups excluding carboxylic acids is 1. The second-order valence-corrected chi connectivity index (χ2v) is 15.3. The van der Waals surface area contributed by atoms with Crippen molar-refractivity contribution in [3.05, 3.63) is 123 Å². The number of hydrogen-bond donors (Lipinski definition) is 1. The Morgan fingerprint density at radius 3 is 2.18 bits per heavy atom. The first kappa shape index (κ1) is 40.3. The number of methoxy groups -OCH3 is 3. The zero-order valence-electron chi connectivity index (χ0n) is 31.9. The molecule has 2 saturated heterocycles. The number of hydrogen-bond acceptors (Lipinski definition) is 7. The van der Waals surface area contributed by atoms with Crippen LogP contribution in [0.1, 0.15) is 60.8 Å². The van der Waals surface area contributed by atoms with Crippen molar-refractivity contribution < 1.29 is 28.5 Å². The van der Waals surface area contributed by atoms with E-state index >= 15 is 0 Å². The first-order valence-electron chi connectivity index (χ1n) is 18.6. The highest BCUT2D eigenvalue weighted by atomic mass is 35.5. The summed E-state index contributed by atoms with van der Waals surface area (Å²) >= 11 is 12.7. The molecule has 1 amide bonds. The van der Waals surface area contributed by atoms with Crippen molar-refractivity contribution in [2.24, 2.45) is 5.41 Å². The minimum absolute atomic E-state index is 0.0853. The summed E-state index contributed by atoms with van der Waals surface area (Å²) in [4.78, 5) is 23.6. The number of piperidine rings is 1. The maximum absolute atomic E-state index is 14.6. The van der Waals surface area contributed by atoms with Gasteiger partial charge in [0.05, 0.1) is 48.7 Å². The summed E-state index contributed by atoms with van der Waals surface area (Å²) in [6, 6.07) is 15.8. The molecule has 9 nitrogen and oxygen atoms in total. The quantitative estimate of drug-likeness (QED) is 0.121. The van der Waals surface area contributed by atoms with Crippen molar-refractivity contribution in [1.82, 2.24) is 19.4 Å². The van der Waals surface area contributed by atoms with Gasteiger partial charge in [-0.1, -0.05) is 59.6 Å². The Balaban J connectivity index is 1.19. The predicted octanol–water partition coefficient (Wildman–Crippen LogP) is 8.33. The van der Waals surface area contributed by atoms with Gasteiger partial charge in [0.15, 0.2) is 11.5 Å². The Hall–Kier alpha value is -4.35. The molecule has 2 fully saturated rings. The standard InChI is InChI=1S/C43H49Cl2FN4O5/c1-5-6-7-8-34-27-47-40(50(34)29-30-9-12-33(46)13-10-30)43(52)17-20-48(21-18-43)19-15-42(26-31-11-14-35(44)36(45)23-31)16-22-49(41(42)51)28-32-24-37(53-2)39(55-4)38(25-32)54-3/h5-14,23-25,27,52H,15-22,26,28-29H2,1-4H3/b6-5-,8-7-. The van der Waals surface area contributed by atoms with Gasteiger partial charge in [-0.05, 0) is 105 Å². The Kier molecular flexibility index (Phi) is 12.9. The fourth-order valence-electron chi connectivity index (χ4n) is 7.85. The summed E-state index contributed by atoms with van der Waals surface area (Å²) in [6.45, 7) is 5.34. The van der Waals surface area contributed by atoms with E-state index in [1.807, 2.05) is 65.0 Å². The number of rotatable bonds is 15. The number of amides is 1. The number of aliphatic hydroxyl groups is 1. The molecule has 1 N–H and O–H groups in total. The fraction of sp³-hybridized carbons (Fsp3) is 0.395. The van der Waals surface area contributed by atoms with Crippen LogP contribution in [0.15, 0.2) is 79.0 Å². The van der Waals surface area contributed by atoms with Crippen LogP contribution in [-0.4, -0.2) is 77.9 Å². The van der Waals surface area contributed by atoms with E-state index in [9.17, 15) is 14.3 Å². The number of aromatic nitrogens is 2. The van der Waals surface area contributed by atoms with Crippen LogP contribution in [0.5, 0.6) is 17.2 Å². The molecule has 0 bridgehead atoms. The highest BCUT2D eigenvalue weighted by Gasteiger charge is 2.47. The third-order valence-corrected chi connectivity index (χ3v) is 11.7. The Bertz CT molecular complexity index is 2000. The van der Waals surface area contributed by atoms with E-state index < -0.39 is 11.0 Å². The lowest BCUT2D eigenvalue weighted by atomic mass is 9.76. The van der Waals surface area contributed by atoms with Crippen LogP contribution in [0.2, 0.25) is 10.0 Å². The lowest BCUT2D eigenvalue weighted by Gasteiger charge is -2.39. The first-order valence-corrected chi connectivity index (χ1v) is 19.3. The van der Waals surface area contributed by atoms with Gasteiger partial charge in [0.25, 0.3) is 0 Å². The number of imidazole rings is 1. The van der Waals surface area contributed by atoms with E-state index in [4.69, 9.17) is 42.4 Å². The Morgan fingerprint density at radius 1 is 0.855 bits per heavy atom. The molecule has 6 rings (SSSR count). The van der Waals surface area contributed by atoms with Gasteiger partial charge in [-0.25, -0.2) is 9.37 Å². The number of halogens is 3. The summed E-state index contributed by atoms with van der Waals surface area (Å²) < 4.78 is 32.4. The second kappa shape index (κ2) is 17.6. The van der Waals surface area contributed by atoms with Crippen LogP contribution in [0, 0.1) is 11.2 Å². The van der Waals surface area contributed by atoms with Crippen molar-refractivity contribution in [2.45, 2.75) is 57.7 Å². The lowest BCUT2D eigenvalue weighted by Crippen LogP contribution is -2.46. The SMILES string of the molecule is C/C=C\C=C/c1cnc(C2(O)CCN(CCC3(Cc4ccc(Cl)c(Cl)c4)CCN(Cc4cc(OC)c(OC)c(OC)c4)C3=O)CC2)n1Cc1ccc(F)cc1.